The van der Waals surface area contributed by atoms with Crippen LogP contribution in [0.1, 0.15) is 6.92 Å². The molecular weight excluding hydrogens is 504 g/mol. The van der Waals surface area contributed by atoms with Crippen molar-refractivity contribution < 1.29 is 18.4 Å². The van der Waals surface area contributed by atoms with Crippen molar-refractivity contribution in [1.29, 1.82) is 0 Å². The lowest BCUT2D eigenvalue weighted by molar-refractivity contribution is 0.253. The lowest BCUT2D eigenvalue weighted by atomic mass is 10.2. The summed E-state index contributed by atoms with van der Waals surface area (Å²) in [6.45, 7) is 3.00. The second kappa shape index (κ2) is 12.0. The van der Waals surface area contributed by atoms with Crippen molar-refractivity contribution in [3.8, 4) is 17.4 Å². The van der Waals surface area contributed by atoms with Gasteiger partial charge in [0.25, 0.3) is 0 Å². The van der Waals surface area contributed by atoms with Crippen molar-refractivity contribution in [2.75, 3.05) is 51.5 Å². The van der Waals surface area contributed by atoms with Crippen molar-refractivity contribution in [3.63, 3.8) is 0 Å². The maximum absolute atomic E-state index is 14.1. The molecule has 0 aliphatic carbocycles. The van der Waals surface area contributed by atoms with Crippen LogP contribution in [0.3, 0.4) is 0 Å². The number of rotatable bonds is 11. The minimum absolute atomic E-state index is 0.319. The molecule has 11 heteroatoms. The molecule has 4 aromatic rings. The third-order valence-corrected chi connectivity index (χ3v) is 7.72. The van der Waals surface area contributed by atoms with Crippen LogP contribution in [0.15, 0.2) is 65.7 Å². The van der Waals surface area contributed by atoms with E-state index in [1.807, 2.05) is 55.4 Å². The molecule has 1 atom stereocenters. The molecule has 0 aliphatic rings. The van der Waals surface area contributed by atoms with Crippen LogP contribution in [0.5, 0.6) is 17.4 Å². The normalized spacial score (nSPS) is 12.6. The van der Waals surface area contributed by atoms with Crippen LogP contribution >= 0.6 is 0 Å². The molecule has 4 rings (SSSR count). The van der Waals surface area contributed by atoms with Crippen molar-refractivity contribution in [3.05, 3.63) is 60.8 Å². The second-order valence-corrected chi connectivity index (χ2v) is 10.9. The molecule has 2 aromatic carbocycles. The lowest BCUT2D eigenvalue weighted by Gasteiger charge is -2.18. The van der Waals surface area contributed by atoms with Crippen molar-refractivity contribution >= 4 is 43.4 Å². The van der Waals surface area contributed by atoms with E-state index >= 15 is 0 Å². The summed E-state index contributed by atoms with van der Waals surface area (Å²) in [6.07, 6.45) is 1.55. The standard InChI is InChI=1S/C27H32N6O4S/c1-6-38(34,22-11-12-25(28-18-22)37-14-13-33(2)3)32-27-26(30-23-9-7-8-10-24(23)31-27)29-19-15-20(35-4)17-21(16-19)36-5/h6-12,15-18H,13-14H2,1-5H3,(H,29,30)(H,31,32,34). The monoisotopic (exact) mass is 536 g/mol. The quantitative estimate of drug-likeness (QED) is 0.272. The Balaban J connectivity index is 1.69. The fourth-order valence-electron chi connectivity index (χ4n) is 3.54. The smallest absolute Gasteiger partial charge is 0.213 e. The molecule has 1 unspecified atom stereocenters. The third kappa shape index (κ3) is 6.42. The highest BCUT2D eigenvalue weighted by molar-refractivity contribution is 8.02. The minimum Gasteiger partial charge on any atom is -0.497 e. The number of ether oxygens (including phenoxy) is 3. The zero-order chi connectivity index (χ0) is 27.1. The van der Waals surface area contributed by atoms with E-state index in [-0.39, 0.29) is 0 Å². The van der Waals surface area contributed by atoms with Crippen LogP contribution in [0, 0.1) is 0 Å². The Morgan fingerprint density at radius 3 is 2.16 bits per heavy atom. The molecule has 0 radical (unpaired) electrons. The number of anilines is 3. The van der Waals surface area contributed by atoms with Gasteiger partial charge in [-0.2, -0.15) is 0 Å². The molecular formula is C27H32N6O4S. The van der Waals surface area contributed by atoms with E-state index in [0.29, 0.717) is 57.2 Å². The summed E-state index contributed by atoms with van der Waals surface area (Å²) < 4.78 is 33.7. The second-order valence-electron chi connectivity index (χ2n) is 8.56. The summed E-state index contributed by atoms with van der Waals surface area (Å²) in [4.78, 5) is 16.4. The molecule has 0 spiro atoms. The van der Waals surface area contributed by atoms with Gasteiger partial charge in [0.2, 0.25) is 5.88 Å². The number of hydrogen-bond acceptors (Lipinski definition) is 9. The molecule has 0 bridgehead atoms. The van der Waals surface area contributed by atoms with E-state index < -0.39 is 9.71 Å². The zero-order valence-electron chi connectivity index (χ0n) is 22.1. The number of benzene rings is 2. The van der Waals surface area contributed by atoms with Gasteiger partial charge < -0.3 is 24.4 Å². The summed E-state index contributed by atoms with van der Waals surface area (Å²) in [5.41, 5.74) is 2.01. The Kier molecular flexibility index (Phi) is 8.49. The Labute approximate surface area is 223 Å². The van der Waals surface area contributed by atoms with Crippen LogP contribution in [-0.2, 0) is 9.71 Å². The Morgan fingerprint density at radius 1 is 0.947 bits per heavy atom. The summed E-state index contributed by atoms with van der Waals surface area (Å²) in [5, 5.41) is 4.88. The van der Waals surface area contributed by atoms with Crippen LogP contribution in [-0.4, -0.2) is 70.9 Å². The first-order chi connectivity index (χ1) is 18.3. The molecule has 38 heavy (non-hydrogen) atoms. The number of fused-ring (bicyclic) bond motifs is 1. The SMILES string of the molecule is CC=S(=O)(Nc1nc2ccccc2nc1Nc1cc(OC)cc(OC)c1)c1ccc(OCCN(C)C)nc1. The molecule has 200 valence electrons. The highest BCUT2D eigenvalue weighted by Crippen LogP contribution is 2.31. The Morgan fingerprint density at radius 2 is 1.61 bits per heavy atom. The predicted molar refractivity (Wildman–Crippen MR) is 152 cm³/mol. The minimum atomic E-state index is -2.91. The van der Waals surface area contributed by atoms with Crippen molar-refractivity contribution in [1.82, 2.24) is 19.9 Å². The van der Waals surface area contributed by atoms with E-state index in [1.54, 1.807) is 50.9 Å². The van der Waals surface area contributed by atoms with Gasteiger partial charge in [0, 0.05) is 42.7 Å². The number of likely N-dealkylation sites (N-methyl/N-ethyl adjacent to an activating group) is 1. The lowest BCUT2D eigenvalue weighted by Crippen LogP contribution is -2.20. The van der Waals surface area contributed by atoms with Gasteiger partial charge in [0.05, 0.1) is 39.9 Å². The number of nitrogens with zero attached hydrogens (tertiary/aromatic N) is 4. The number of nitrogens with one attached hydrogen (secondary N) is 2. The van der Waals surface area contributed by atoms with Gasteiger partial charge >= 0.3 is 0 Å². The topological polar surface area (TPSA) is 111 Å². The Hall–Kier alpha value is -4.09. The number of aromatic nitrogens is 3. The highest BCUT2D eigenvalue weighted by Gasteiger charge is 2.17. The van der Waals surface area contributed by atoms with Gasteiger partial charge in [0.15, 0.2) is 11.6 Å². The van der Waals surface area contributed by atoms with Crippen molar-refractivity contribution in [2.45, 2.75) is 11.8 Å². The molecule has 0 saturated heterocycles. The van der Waals surface area contributed by atoms with Crippen LogP contribution in [0.4, 0.5) is 17.3 Å². The van der Waals surface area contributed by atoms with Gasteiger partial charge in [-0.15, -0.1) is 0 Å². The molecule has 2 aromatic heterocycles. The number of hydrogen-bond donors (Lipinski definition) is 2. The predicted octanol–water partition coefficient (Wildman–Crippen LogP) is 4.22. The maximum Gasteiger partial charge on any atom is 0.213 e. The first-order valence-electron chi connectivity index (χ1n) is 12.0. The highest BCUT2D eigenvalue weighted by atomic mass is 32.2. The molecule has 0 amide bonds. The number of pyridine rings is 1. The average Bonchev–Trinajstić information content (AvgIpc) is 2.93. The van der Waals surface area contributed by atoms with E-state index in [4.69, 9.17) is 24.2 Å². The first kappa shape index (κ1) is 27.0. The molecule has 10 nitrogen and oxygen atoms in total. The molecule has 0 aliphatic heterocycles. The summed E-state index contributed by atoms with van der Waals surface area (Å²) >= 11 is 0. The summed E-state index contributed by atoms with van der Waals surface area (Å²) in [5.74, 6) is 2.40. The summed E-state index contributed by atoms with van der Waals surface area (Å²) in [6, 6.07) is 16.3. The van der Waals surface area contributed by atoms with Crippen LogP contribution in [0.2, 0.25) is 0 Å². The number of methoxy groups -OCH3 is 2. The van der Waals surface area contributed by atoms with E-state index in [2.05, 4.69) is 15.0 Å². The van der Waals surface area contributed by atoms with Gasteiger partial charge in [-0.1, -0.05) is 12.1 Å². The van der Waals surface area contributed by atoms with E-state index in [1.165, 1.54) is 0 Å². The van der Waals surface area contributed by atoms with Crippen molar-refractivity contribution in [2.24, 2.45) is 0 Å². The van der Waals surface area contributed by atoms with Crippen LogP contribution in [0.25, 0.3) is 11.0 Å². The third-order valence-electron chi connectivity index (χ3n) is 5.61. The Bertz CT molecular complexity index is 1500. The first-order valence-corrected chi connectivity index (χ1v) is 13.6. The van der Waals surface area contributed by atoms with Gasteiger partial charge in [0.1, 0.15) is 18.1 Å². The molecule has 0 saturated carbocycles. The molecule has 0 fully saturated rings. The molecule has 2 N–H and O–H groups in total. The fourth-order valence-corrected chi connectivity index (χ4v) is 4.95. The van der Waals surface area contributed by atoms with E-state index in [9.17, 15) is 4.21 Å². The average molecular weight is 537 g/mol. The maximum atomic E-state index is 14.1. The van der Waals surface area contributed by atoms with Gasteiger partial charge in [-0.05, 0) is 44.6 Å². The van der Waals surface area contributed by atoms with Crippen LogP contribution < -0.4 is 24.2 Å². The van der Waals surface area contributed by atoms with Gasteiger partial charge in [-0.3, -0.25) is 4.72 Å². The van der Waals surface area contributed by atoms with Gasteiger partial charge in [-0.25, -0.2) is 19.2 Å². The van der Waals surface area contributed by atoms with E-state index in [0.717, 1.165) is 6.54 Å². The number of para-hydroxylation sites is 2. The largest absolute Gasteiger partial charge is 0.497 e. The fraction of sp³-hybridized carbons (Fsp3) is 0.259. The summed E-state index contributed by atoms with van der Waals surface area (Å²) in [7, 11) is 4.20. The molecule has 2 heterocycles. The zero-order valence-corrected chi connectivity index (χ0v) is 22.9.